The van der Waals surface area contributed by atoms with E-state index in [1.54, 1.807) is 0 Å². The molecule has 2 aliphatic rings. The van der Waals surface area contributed by atoms with Crippen LogP contribution in [0.4, 0.5) is 5.82 Å². The molecule has 28 heteroatoms. The molecule has 1 saturated heterocycles. The van der Waals surface area contributed by atoms with Crippen LogP contribution < -0.4 is 16.4 Å². The third kappa shape index (κ3) is 12.1. The Morgan fingerprint density at radius 2 is 1.78 bits per heavy atom. The number of fused-ring (bicyclic) bond motifs is 1. The molecular formula is C26H40N7O17P3S. The van der Waals surface area contributed by atoms with Crippen molar-refractivity contribution in [2.45, 2.75) is 57.3 Å². The third-order valence-corrected chi connectivity index (χ3v) is 11.9. The normalized spacial score (nSPS) is 24.4. The number of ether oxygens (including phenoxy) is 1. The second-order valence-electron chi connectivity index (χ2n) is 12.7. The van der Waals surface area contributed by atoms with Crippen molar-refractivity contribution in [1.29, 1.82) is 0 Å². The van der Waals surface area contributed by atoms with E-state index in [4.69, 9.17) is 19.5 Å². The molecule has 8 atom stereocenters. The number of rotatable bonds is 20. The smallest absolute Gasteiger partial charge is 0.386 e. The lowest BCUT2D eigenvalue weighted by Gasteiger charge is -2.30. The highest BCUT2D eigenvalue weighted by Gasteiger charge is 2.50. The zero-order chi connectivity index (χ0) is 40.2. The topological polar surface area (TPSA) is 364 Å². The summed E-state index contributed by atoms with van der Waals surface area (Å²) in [4.78, 5) is 87.2. The fourth-order valence-corrected chi connectivity index (χ4v) is 8.52. The summed E-state index contributed by atoms with van der Waals surface area (Å²) in [6.45, 7) is 4.23. The van der Waals surface area contributed by atoms with Gasteiger partial charge in [0.1, 0.15) is 36.3 Å². The van der Waals surface area contributed by atoms with Crippen LogP contribution in [0.2, 0.25) is 0 Å². The predicted molar refractivity (Wildman–Crippen MR) is 184 cm³/mol. The lowest BCUT2D eigenvalue weighted by atomic mass is 9.87. The number of allylic oxidation sites excluding steroid dienone is 1. The molecule has 2 aromatic rings. The number of nitrogens with one attached hydrogen (secondary N) is 2. The number of carbonyl (C=O) groups excluding carboxylic acids is 3. The zero-order valence-corrected chi connectivity index (χ0v) is 32.1. The average molecular weight is 848 g/mol. The minimum atomic E-state index is -5.56. The van der Waals surface area contributed by atoms with E-state index in [0.29, 0.717) is 12.2 Å². The average Bonchev–Trinajstić information content (AvgIpc) is 3.52. The van der Waals surface area contributed by atoms with E-state index in [9.17, 15) is 57.9 Å². The van der Waals surface area contributed by atoms with Gasteiger partial charge < -0.3 is 50.9 Å². The van der Waals surface area contributed by atoms with Crippen molar-refractivity contribution in [3.63, 3.8) is 0 Å². The van der Waals surface area contributed by atoms with Gasteiger partial charge in [0.2, 0.25) is 11.8 Å². The Balaban J connectivity index is 1.24. The van der Waals surface area contributed by atoms with Crippen LogP contribution >= 0.6 is 35.2 Å². The van der Waals surface area contributed by atoms with Crippen molar-refractivity contribution in [2.24, 2.45) is 11.3 Å². The van der Waals surface area contributed by atoms with Gasteiger partial charge in [-0.05, 0) is 6.42 Å². The van der Waals surface area contributed by atoms with E-state index in [0.717, 1.165) is 34.6 Å². The summed E-state index contributed by atoms with van der Waals surface area (Å²) in [6, 6.07) is 0. The predicted octanol–water partition coefficient (Wildman–Crippen LogP) is -0.759. The Morgan fingerprint density at radius 3 is 2.43 bits per heavy atom. The molecule has 2 aromatic heterocycles. The number of phosphoric ester groups is 3. The van der Waals surface area contributed by atoms with Gasteiger partial charge in [-0.3, -0.25) is 32.5 Å². The number of aromatic nitrogens is 4. The molecule has 2 amide bonds. The molecule has 3 heterocycles. The Kier molecular flexibility index (Phi) is 14.4. The maximum Gasteiger partial charge on any atom is 0.481 e. The van der Waals surface area contributed by atoms with E-state index >= 15 is 0 Å². The Morgan fingerprint density at radius 1 is 1.11 bits per heavy atom. The van der Waals surface area contributed by atoms with Gasteiger partial charge in [0.25, 0.3) is 0 Å². The number of hydrogen-bond donors (Lipinski definition) is 9. The van der Waals surface area contributed by atoms with Crippen LogP contribution in [0.25, 0.3) is 11.2 Å². The Labute approximate surface area is 310 Å². The number of aliphatic hydroxyl groups excluding tert-OH is 2. The molecule has 0 aromatic carbocycles. The van der Waals surface area contributed by atoms with Crippen molar-refractivity contribution in [2.75, 3.05) is 37.8 Å². The number of aliphatic hydroxyl groups is 2. The quantitative estimate of drug-likeness (QED) is 0.0449. The maximum atomic E-state index is 12.7. The lowest BCUT2D eigenvalue weighted by molar-refractivity contribution is -0.137. The van der Waals surface area contributed by atoms with E-state index < -0.39 is 84.6 Å². The first-order valence-electron chi connectivity index (χ1n) is 15.7. The van der Waals surface area contributed by atoms with E-state index in [1.165, 1.54) is 13.8 Å². The van der Waals surface area contributed by atoms with Crippen LogP contribution in [-0.2, 0) is 50.7 Å². The molecule has 24 nitrogen and oxygen atoms in total. The van der Waals surface area contributed by atoms with Gasteiger partial charge in [0.15, 0.2) is 22.8 Å². The lowest BCUT2D eigenvalue weighted by Crippen LogP contribution is -2.46. The van der Waals surface area contributed by atoms with Gasteiger partial charge in [0, 0.05) is 30.7 Å². The monoisotopic (exact) mass is 847 g/mol. The summed E-state index contributed by atoms with van der Waals surface area (Å²) < 4.78 is 62.0. The SMILES string of the molecule is C=C1C[C@H]1C(=O)SCCNC(=O)CCNC(=O)[C@H](O)C(C)(C)COP(=O)(O)OP(=O)(O)OC[C@H]1O[C@@H](n2cnc3c(N)ncnc32)[C@H](O)[C@@H]1OP(=O)(O)O. The first kappa shape index (κ1) is 44.0. The summed E-state index contributed by atoms with van der Waals surface area (Å²) in [5.41, 5.74) is 5.14. The van der Waals surface area contributed by atoms with Crippen molar-refractivity contribution in [3.05, 3.63) is 24.8 Å². The molecular weight excluding hydrogens is 807 g/mol. The zero-order valence-electron chi connectivity index (χ0n) is 28.6. The molecule has 54 heavy (non-hydrogen) atoms. The molecule has 302 valence electrons. The highest BCUT2D eigenvalue weighted by Crippen LogP contribution is 2.61. The third-order valence-electron chi connectivity index (χ3n) is 7.83. The number of imidazole rings is 1. The van der Waals surface area contributed by atoms with Crippen LogP contribution in [0.5, 0.6) is 0 Å². The number of phosphoric acid groups is 3. The number of amides is 2. The molecule has 1 saturated carbocycles. The number of nitrogens with two attached hydrogens (primary N) is 1. The summed E-state index contributed by atoms with van der Waals surface area (Å²) in [7, 11) is -16.4. The molecule has 2 fully saturated rings. The van der Waals surface area contributed by atoms with Gasteiger partial charge in [0.05, 0.1) is 25.5 Å². The maximum absolute atomic E-state index is 12.7. The van der Waals surface area contributed by atoms with Crippen LogP contribution in [-0.4, -0.2) is 123 Å². The number of hydrogen-bond acceptors (Lipinski definition) is 18. The number of thioether (sulfide) groups is 1. The molecule has 0 bridgehead atoms. The number of nitrogen functional groups attached to an aromatic ring is 1. The fraction of sp³-hybridized carbons (Fsp3) is 0.615. The van der Waals surface area contributed by atoms with Crippen molar-refractivity contribution in [1.82, 2.24) is 30.2 Å². The second kappa shape index (κ2) is 17.6. The van der Waals surface area contributed by atoms with Crippen molar-refractivity contribution < 1.29 is 80.5 Å². The highest BCUT2D eigenvalue weighted by molar-refractivity contribution is 8.13. The van der Waals surface area contributed by atoms with Gasteiger partial charge >= 0.3 is 23.5 Å². The summed E-state index contributed by atoms with van der Waals surface area (Å²) in [5, 5.41) is 26.3. The van der Waals surface area contributed by atoms with E-state index in [1.807, 2.05) is 0 Å². The fourth-order valence-electron chi connectivity index (χ4n) is 4.84. The number of anilines is 1. The molecule has 4 rings (SSSR count). The van der Waals surface area contributed by atoms with Gasteiger partial charge in [-0.15, -0.1) is 0 Å². The second-order valence-corrected chi connectivity index (χ2v) is 18.0. The van der Waals surface area contributed by atoms with Crippen LogP contribution in [0.1, 0.15) is 32.9 Å². The summed E-state index contributed by atoms with van der Waals surface area (Å²) in [5.74, 6) is -1.22. The standard InChI is InChI=1S/C26H40N7O17P3S/c1-13-8-14(13)25(38)54-7-6-28-16(34)4-5-29-23(37)20(36)26(2,3)10-47-53(44,45)50-52(42,43)46-9-15-19(49-51(39,40)41)18(35)24(48-15)33-12-32-17-21(27)30-11-31-22(17)33/h11-12,14-15,18-20,24,35-36H,1,4-10H2,2-3H3,(H,28,34)(H,29,37)(H,42,43)(H,44,45)(H2,27,30,31)(H2,39,40,41)/t14-,15-,18-,19-,20+,24-/m1/s1. The summed E-state index contributed by atoms with van der Waals surface area (Å²) in [6.07, 6.45) is -6.23. The first-order chi connectivity index (χ1) is 25.0. The summed E-state index contributed by atoms with van der Waals surface area (Å²) >= 11 is 1.08. The number of carbonyl (C=O) groups is 3. The van der Waals surface area contributed by atoms with Crippen LogP contribution in [0.15, 0.2) is 24.8 Å². The minimum absolute atomic E-state index is 0.00817. The van der Waals surface area contributed by atoms with Crippen LogP contribution in [0, 0.1) is 11.3 Å². The Hall–Kier alpha value is -2.70. The van der Waals surface area contributed by atoms with Gasteiger partial charge in [-0.1, -0.05) is 37.8 Å². The van der Waals surface area contributed by atoms with Crippen molar-refractivity contribution in [3.8, 4) is 0 Å². The molecule has 10 N–H and O–H groups in total. The largest absolute Gasteiger partial charge is 0.481 e. The van der Waals surface area contributed by atoms with Crippen molar-refractivity contribution >= 4 is 69.1 Å². The molecule has 1 aliphatic heterocycles. The van der Waals surface area contributed by atoms with Crippen LogP contribution in [0.3, 0.4) is 0 Å². The highest BCUT2D eigenvalue weighted by atomic mass is 32.2. The molecule has 1 aliphatic carbocycles. The van der Waals surface area contributed by atoms with Gasteiger partial charge in [-0.2, -0.15) is 4.31 Å². The molecule has 0 spiro atoms. The van der Waals surface area contributed by atoms with Gasteiger partial charge in [-0.25, -0.2) is 28.6 Å². The van der Waals surface area contributed by atoms with E-state index in [-0.39, 0.29) is 47.5 Å². The first-order valence-corrected chi connectivity index (χ1v) is 21.2. The Bertz CT molecular complexity index is 1880. The van der Waals surface area contributed by atoms with E-state index in [2.05, 4.69) is 41.0 Å². The molecule has 2 unspecified atom stereocenters. The number of nitrogens with zero attached hydrogens (tertiary/aromatic N) is 4. The minimum Gasteiger partial charge on any atom is -0.386 e. The molecule has 0 radical (unpaired) electrons.